The van der Waals surface area contributed by atoms with Gasteiger partial charge in [-0.25, -0.2) is 13.6 Å². The molecule has 1 unspecified atom stereocenters. The van der Waals surface area contributed by atoms with Crippen molar-refractivity contribution >= 4 is 11.7 Å². The maximum absolute atomic E-state index is 13.9. The first kappa shape index (κ1) is 18.6. The molecule has 1 fully saturated rings. The van der Waals surface area contributed by atoms with Crippen LogP contribution in [0.5, 0.6) is 5.75 Å². The van der Waals surface area contributed by atoms with Gasteiger partial charge >= 0.3 is 6.03 Å². The highest BCUT2D eigenvalue weighted by molar-refractivity contribution is 5.91. The van der Waals surface area contributed by atoms with E-state index < -0.39 is 17.7 Å². The minimum atomic E-state index is -0.870. The average Bonchev–Trinajstić information content (AvgIpc) is 3.31. The van der Waals surface area contributed by atoms with Gasteiger partial charge in [0.15, 0.2) is 17.4 Å². The maximum Gasteiger partial charge on any atom is 0.322 e. The van der Waals surface area contributed by atoms with Crippen molar-refractivity contribution in [2.45, 2.75) is 51.1 Å². The second-order valence-electron chi connectivity index (χ2n) is 7.32. The van der Waals surface area contributed by atoms with Crippen molar-refractivity contribution in [1.82, 2.24) is 19.7 Å². The van der Waals surface area contributed by atoms with Gasteiger partial charge in [-0.05, 0) is 19.8 Å². The Morgan fingerprint density at radius 1 is 1.18 bits per heavy atom. The molecule has 1 aliphatic carbocycles. The van der Waals surface area contributed by atoms with Crippen molar-refractivity contribution in [2.24, 2.45) is 0 Å². The number of anilines is 1. The molecule has 1 atom stereocenters. The predicted molar refractivity (Wildman–Crippen MR) is 98.3 cm³/mol. The molecule has 2 heterocycles. The summed E-state index contributed by atoms with van der Waals surface area (Å²) in [5.74, 6) is 0.320. The third-order valence-electron chi connectivity index (χ3n) is 5.65. The van der Waals surface area contributed by atoms with Crippen LogP contribution in [0.25, 0.3) is 0 Å². The van der Waals surface area contributed by atoms with Crippen LogP contribution >= 0.6 is 0 Å². The molecule has 1 aromatic carbocycles. The minimum Gasteiger partial charge on any atom is -0.492 e. The molecule has 1 aliphatic heterocycles. The van der Waals surface area contributed by atoms with Crippen LogP contribution in [0.15, 0.2) is 12.1 Å². The van der Waals surface area contributed by atoms with E-state index in [1.165, 1.54) is 20.0 Å². The minimum absolute atomic E-state index is 0.0455. The number of nitrogens with zero attached hydrogens (tertiary/aromatic N) is 4. The van der Waals surface area contributed by atoms with E-state index in [0.29, 0.717) is 25.1 Å². The highest BCUT2D eigenvalue weighted by atomic mass is 19.1. The molecule has 0 spiro atoms. The van der Waals surface area contributed by atoms with Crippen LogP contribution in [-0.4, -0.2) is 39.4 Å². The van der Waals surface area contributed by atoms with Gasteiger partial charge in [-0.15, -0.1) is 10.2 Å². The van der Waals surface area contributed by atoms with Crippen molar-refractivity contribution in [3.8, 4) is 5.75 Å². The molecule has 9 heteroatoms. The lowest BCUT2D eigenvalue weighted by atomic mass is 10.1. The smallest absolute Gasteiger partial charge is 0.322 e. The number of carbonyl (C=O) groups excluding carboxylic acids is 1. The Bertz CT molecular complexity index is 895. The second kappa shape index (κ2) is 7.37. The monoisotopic (exact) mass is 391 g/mol. The molecular formula is C19H23F2N5O2. The molecule has 0 radical (unpaired) electrons. The number of hydrogen-bond acceptors (Lipinski definition) is 4. The first-order valence-corrected chi connectivity index (χ1v) is 9.53. The van der Waals surface area contributed by atoms with Crippen molar-refractivity contribution in [3.05, 3.63) is 35.4 Å². The Morgan fingerprint density at radius 3 is 2.61 bits per heavy atom. The zero-order valence-corrected chi connectivity index (χ0v) is 15.9. The number of halogens is 2. The Kier molecular flexibility index (Phi) is 4.91. The number of aromatic nitrogens is 3. The Labute approximate surface area is 161 Å². The lowest BCUT2D eigenvalue weighted by molar-refractivity contribution is 0.171. The number of fused-ring (bicyclic) bond motifs is 1. The summed E-state index contributed by atoms with van der Waals surface area (Å²) >= 11 is 0. The van der Waals surface area contributed by atoms with Gasteiger partial charge in [0, 0.05) is 31.1 Å². The van der Waals surface area contributed by atoms with Gasteiger partial charge in [0.05, 0.1) is 18.8 Å². The number of methoxy groups -OCH3 is 1. The third-order valence-corrected chi connectivity index (χ3v) is 5.65. The van der Waals surface area contributed by atoms with Crippen LogP contribution in [0.4, 0.5) is 19.3 Å². The topological polar surface area (TPSA) is 72.3 Å². The highest BCUT2D eigenvalue weighted by Gasteiger charge is 2.34. The summed E-state index contributed by atoms with van der Waals surface area (Å²) in [5.41, 5.74) is -0.0455. The number of carbonyl (C=O) groups is 1. The van der Waals surface area contributed by atoms with Gasteiger partial charge in [0.25, 0.3) is 0 Å². The predicted octanol–water partition coefficient (Wildman–Crippen LogP) is 3.83. The number of ether oxygens (including phenoxy) is 1. The standard InChI is InChI=1S/C19H23F2N5O2/c1-11-17-23-24-18(12-5-3-4-6-12)26(17)8-7-25(11)19(27)22-15-10-13(20)9-14(21)16(15)28-2/h9-12H,3-8H2,1-2H3,(H,22,27). The third kappa shape index (κ3) is 3.18. The molecule has 1 N–H and O–H groups in total. The van der Waals surface area contributed by atoms with Crippen LogP contribution in [0.2, 0.25) is 0 Å². The summed E-state index contributed by atoms with van der Waals surface area (Å²) < 4.78 is 34.5. The van der Waals surface area contributed by atoms with E-state index in [-0.39, 0.29) is 17.5 Å². The van der Waals surface area contributed by atoms with Gasteiger partial charge in [0.2, 0.25) is 0 Å². The number of rotatable bonds is 3. The number of urea groups is 1. The lowest BCUT2D eigenvalue weighted by Gasteiger charge is -2.34. The summed E-state index contributed by atoms with van der Waals surface area (Å²) in [6, 6.07) is 0.980. The fourth-order valence-corrected chi connectivity index (χ4v) is 4.22. The maximum atomic E-state index is 13.9. The molecule has 2 aliphatic rings. The van der Waals surface area contributed by atoms with Gasteiger partial charge in [-0.2, -0.15) is 0 Å². The first-order chi connectivity index (χ1) is 13.5. The Balaban J connectivity index is 1.54. The van der Waals surface area contributed by atoms with E-state index >= 15 is 0 Å². The highest BCUT2D eigenvalue weighted by Crippen LogP contribution is 2.36. The van der Waals surface area contributed by atoms with Crippen molar-refractivity contribution in [2.75, 3.05) is 19.0 Å². The van der Waals surface area contributed by atoms with Gasteiger partial charge < -0.3 is 19.5 Å². The molecule has 1 saturated carbocycles. The Hall–Kier alpha value is -2.71. The molecule has 1 aromatic heterocycles. The largest absolute Gasteiger partial charge is 0.492 e. The molecule has 150 valence electrons. The first-order valence-electron chi connectivity index (χ1n) is 9.53. The van der Waals surface area contributed by atoms with Crippen molar-refractivity contribution < 1.29 is 18.3 Å². The summed E-state index contributed by atoms with van der Waals surface area (Å²) in [4.78, 5) is 14.4. The summed E-state index contributed by atoms with van der Waals surface area (Å²) in [7, 11) is 1.27. The molecule has 0 bridgehead atoms. The molecule has 2 amide bonds. The van der Waals surface area contributed by atoms with Crippen LogP contribution < -0.4 is 10.1 Å². The van der Waals surface area contributed by atoms with Crippen LogP contribution in [0, 0.1) is 11.6 Å². The summed E-state index contributed by atoms with van der Waals surface area (Å²) in [5, 5.41) is 11.3. The van der Waals surface area contributed by atoms with Gasteiger partial charge in [-0.3, -0.25) is 0 Å². The Morgan fingerprint density at radius 2 is 1.89 bits per heavy atom. The average molecular weight is 391 g/mol. The van der Waals surface area contributed by atoms with E-state index in [2.05, 4.69) is 20.1 Å². The number of nitrogens with one attached hydrogen (secondary N) is 1. The van der Waals surface area contributed by atoms with Crippen molar-refractivity contribution in [1.29, 1.82) is 0 Å². The summed E-state index contributed by atoms with van der Waals surface area (Å²) in [6.45, 7) is 2.93. The van der Waals surface area contributed by atoms with Gasteiger partial charge in [-0.1, -0.05) is 12.8 Å². The fourth-order valence-electron chi connectivity index (χ4n) is 4.22. The number of hydrogen-bond donors (Lipinski definition) is 1. The second-order valence-corrected chi connectivity index (χ2v) is 7.32. The lowest BCUT2D eigenvalue weighted by Crippen LogP contribution is -2.43. The fraction of sp³-hybridized carbons (Fsp3) is 0.526. The van der Waals surface area contributed by atoms with E-state index in [1.807, 2.05) is 6.92 Å². The van der Waals surface area contributed by atoms with Crippen LogP contribution in [0.3, 0.4) is 0 Å². The van der Waals surface area contributed by atoms with E-state index in [4.69, 9.17) is 4.74 Å². The zero-order chi connectivity index (χ0) is 19.8. The zero-order valence-electron chi connectivity index (χ0n) is 15.9. The normalized spacial score (nSPS) is 19.6. The van der Waals surface area contributed by atoms with Crippen LogP contribution in [-0.2, 0) is 6.54 Å². The molecule has 28 heavy (non-hydrogen) atoms. The molecule has 0 saturated heterocycles. The molecule has 4 rings (SSSR count). The van der Waals surface area contributed by atoms with Crippen molar-refractivity contribution in [3.63, 3.8) is 0 Å². The van der Waals surface area contributed by atoms with Gasteiger partial charge in [0.1, 0.15) is 11.6 Å². The number of amides is 2. The SMILES string of the molecule is COc1c(F)cc(F)cc1NC(=O)N1CCn2c(C3CCCC3)nnc2C1C. The summed E-state index contributed by atoms with van der Waals surface area (Å²) in [6.07, 6.45) is 4.68. The van der Waals surface area contributed by atoms with Crippen LogP contribution in [0.1, 0.15) is 56.2 Å². The molecule has 7 nitrogen and oxygen atoms in total. The quantitative estimate of drug-likeness (QED) is 0.863. The molecule has 2 aromatic rings. The van der Waals surface area contributed by atoms with E-state index in [0.717, 1.165) is 30.6 Å². The number of benzene rings is 1. The van der Waals surface area contributed by atoms with E-state index in [1.54, 1.807) is 4.90 Å². The van der Waals surface area contributed by atoms with E-state index in [9.17, 15) is 13.6 Å². The molecular weight excluding hydrogens is 368 g/mol.